The number of hydrogen-bond donors (Lipinski definition) is 2. The van der Waals surface area contributed by atoms with Crippen LogP contribution in [0.2, 0.25) is 0 Å². The van der Waals surface area contributed by atoms with Crippen LogP contribution in [0.15, 0.2) is 87.3 Å². The van der Waals surface area contributed by atoms with Gasteiger partial charge >= 0.3 is 0 Å². The minimum atomic E-state index is -0.982. The summed E-state index contributed by atoms with van der Waals surface area (Å²) in [5.74, 6) is -0.627. The lowest BCUT2D eigenvalue weighted by Crippen LogP contribution is -2.41. The SMILES string of the molecule is Cc1ccc2[nH]c(=O)c(C3Sc4ccccc4C(=O)N3c3c(C)n(C)n(-c4ccccc4)c3=O)c(O)c2c1. The molecule has 190 valence electrons. The first-order chi connectivity index (χ1) is 18.3. The van der Waals surface area contributed by atoms with E-state index in [1.807, 2.05) is 49.4 Å². The number of nitrogens with zero attached hydrogens (tertiary/aromatic N) is 3. The standard InChI is InChI=1S/C29H24N4O4S/c1-16-13-14-21-20(15-16)25(34)23(26(35)30-21)29-32(27(36)19-11-7-8-12-22(19)38-29)24-17(2)31(3)33(28(24)37)18-9-5-4-6-10-18/h4-15,29H,1-3H3,(H2,30,34,35). The molecular formula is C29H24N4O4S. The molecule has 2 aromatic heterocycles. The molecule has 0 spiro atoms. The molecule has 3 heterocycles. The van der Waals surface area contributed by atoms with Crippen LogP contribution in [0.25, 0.3) is 16.6 Å². The number of aromatic amines is 1. The molecular weight excluding hydrogens is 500 g/mol. The van der Waals surface area contributed by atoms with Crippen molar-refractivity contribution in [1.82, 2.24) is 14.3 Å². The van der Waals surface area contributed by atoms with Crippen LogP contribution in [-0.4, -0.2) is 25.4 Å². The van der Waals surface area contributed by atoms with Crippen LogP contribution in [0, 0.1) is 13.8 Å². The first-order valence-electron chi connectivity index (χ1n) is 12.1. The number of hydrogen-bond acceptors (Lipinski definition) is 5. The van der Waals surface area contributed by atoms with Crippen LogP contribution in [0.1, 0.15) is 32.6 Å². The highest BCUT2D eigenvalue weighted by atomic mass is 32.2. The number of benzene rings is 3. The maximum Gasteiger partial charge on any atom is 0.295 e. The van der Waals surface area contributed by atoms with Crippen molar-refractivity contribution in [2.24, 2.45) is 7.05 Å². The Morgan fingerprint density at radius 1 is 0.921 bits per heavy atom. The summed E-state index contributed by atoms with van der Waals surface area (Å²) in [6, 6.07) is 21.6. The maximum atomic E-state index is 14.1. The maximum absolute atomic E-state index is 14.1. The van der Waals surface area contributed by atoms with E-state index in [0.717, 1.165) is 5.56 Å². The number of nitrogens with one attached hydrogen (secondary N) is 1. The Kier molecular flexibility index (Phi) is 5.53. The Balaban J connectivity index is 1.65. The number of para-hydroxylation sites is 1. The number of anilines is 1. The lowest BCUT2D eigenvalue weighted by molar-refractivity contribution is 0.0978. The molecule has 9 heteroatoms. The molecule has 0 aliphatic carbocycles. The lowest BCUT2D eigenvalue weighted by atomic mass is 10.1. The van der Waals surface area contributed by atoms with Gasteiger partial charge in [-0.2, -0.15) is 0 Å². The van der Waals surface area contributed by atoms with Crippen LogP contribution >= 0.6 is 11.8 Å². The number of aryl methyl sites for hydroxylation is 1. The fourth-order valence-electron chi connectivity index (χ4n) is 5.03. The number of fused-ring (bicyclic) bond motifs is 2. The molecule has 0 fully saturated rings. The molecule has 0 saturated carbocycles. The van der Waals surface area contributed by atoms with E-state index in [-0.39, 0.29) is 17.0 Å². The fourth-order valence-corrected chi connectivity index (χ4v) is 6.35. The van der Waals surface area contributed by atoms with Gasteiger partial charge in [-0.25, -0.2) is 4.68 Å². The largest absolute Gasteiger partial charge is 0.507 e. The van der Waals surface area contributed by atoms with E-state index in [2.05, 4.69) is 4.98 Å². The summed E-state index contributed by atoms with van der Waals surface area (Å²) in [6.45, 7) is 3.66. The summed E-state index contributed by atoms with van der Waals surface area (Å²) in [5, 5.41) is 10.9. The average molecular weight is 525 g/mol. The van der Waals surface area contributed by atoms with Crippen molar-refractivity contribution in [3.63, 3.8) is 0 Å². The molecule has 3 aromatic carbocycles. The minimum absolute atomic E-state index is 0.0184. The molecule has 8 nitrogen and oxygen atoms in total. The number of rotatable bonds is 3. The van der Waals surface area contributed by atoms with Crippen LogP contribution in [0.5, 0.6) is 5.75 Å². The highest BCUT2D eigenvalue weighted by Gasteiger charge is 2.41. The van der Waals surface area contributed by atoms with Crippen molar-refractivity contribution < 1.29 is 9.90 Å². The zero-order chi connectivity index (χ0) is 26.7. The van der Waals surface area contributed by atoms with E-state index >= 15 is 0 Å². The summed E-state index contributed by atoms with van der Waals surface area (Å²) in [4.78, 5) is 46.3. The van der Waals surface area contributed by atoms with Crippen molar-refractivity contribution in [1.29, 1.82) is 0 Å². The number of carbonyl (C=O) groups is 1. The molecule has 6 rings (SSSR count). The van der Waals surface area contributed by atoms with Gasteiger partial charge in [-0.1, -0.05) is 53.7 Å². The third-order valence-electron chi connectivity index (χ3n) is 7.00. The fraction of sp³-hybridized carbons (Fsp3) is 0.138. The summed E-state index contributed by atoms with van der Waals surface area (Å²) < 4.78 is 3.18. The van der Waals surface area contributed by atoms with Crippen LogP contribution in [-0.2, 0) is 7.05 Å². The first kappa shape index (κ1) is 23.9. The Bertz CT molecular complexity index is 1870. The van der Waals surface area contributed by atoms with Gasteiger partial charge in [0.1, 0.15) is 16.8 Å². The number of aromatic hydroxyl groups is 1. The van der Waals surface area contributed by atoms with Gasteiger partial charge in [0, 0.05) is 17.3 Å². The molecule has 1 amide bonds. The quantitative estimate of drug-likeness (QED) is 0.354. The van der Waals surface area contributed by atoms with Crippen LogP contribution < -0.4 is 16.0 Å². The van der Waals surface area contributed by atoms with Crippen molar-refractivity contribution in [3.8, 4) is 11.4 Å². The topological polar surface area (TPSA) is 100 Å². The first-order valence-corrected chi connectivity index (χ1v) is 12.9. The summed E-state index contributed by atoms with van der Waals surface area (Å²) in [7, 11) is 1.75. The van der Waals surface area contributed by atoms with Crippen molar-refractivity contribution >= 4 is 34.3 Å². The smallest absolute Gasteiger partial charge is 0.295 e. The molecule has 1 atom stereocenters. The lowest BCUT2D eigenvalue weighted by Gasteiger charge is -2.35. The zero-order valence-corrected chi connectivity index (χ0v) is 21.7. The second kappa shape index (κ2) is 8.81. The summed E-state index contributed by atoms with van der Waals surface area (Å²) in [6.07, 6.45) is 0. The van der Waals surface area contributed by atoms with Gasteiger partial charge in [0.2, 0.25) is 0 Å². The predicted octanol–water partition coefficient (Wildman–Crippen LogP) is 4.79. The Morgan fingerprint density at radius 3 is 2.39 bits per heavy atom. The number of carbonyl (C=O) groups excluding carboxylic acids is 1. The molecule has 1 aliphatic rings. The predicted molar refractivity (Wildman–Crippen MR) is 149 cm³/mol. The van der Waals surface area contributed by atoms with Crippen molar-refractivity contribution in [2.75, 3.05) is 4.90 Å². The molecule has 5 aromatic rings. The number of amides is 1. The molecule has 0 saturated heterocycles. The van der Waals surface area contributed by atoms with Crippen molar-refractivity contribution in [2.45, 2.75) is 24.1 Å². The van der Waals surface area contributed by atoms with E-state index < -0.39 is 22.4 Å². The van der Waals surface area contributed by atoms with Gasteiger partial charge in [0.15, 0.2) is 0 Å². The second-order valence-electron chi connectivity index (χ2n) is 9.32. The van der Waals surface area contributed by atoms with E-state index in [9.17, 15) is 19.5 Å². The Labute approximate surface area is 221 Å². The normalized spacial score (nSPS) is 15.2. The minimum Gasteiger partial charge on any atom is -0.507 e. The van der Waals surface area contributed by atoms with E-state index in [1.54, 1.807) is 49.0 Å². The highest BCUT2D eigenvalue weighted by molar-refractivity contribution is 7.99. The van der Waals surface area contributed by atoms with E-state index in [1.165, 1.54) is 21.3 Å². The van der Waals surface area contributed by atoms with Gasteiger partial charge in [-0.3, -0.25) is 24.0 Å². The number of pyridine rings is 1. The van der Waals surface area contributed by atoms with E-state index in [0.29, 0.717) is 32.7 Å². The third kappa shape index (κ3) is 3.50. The number of thioether (sulfide) groups is 1. The third-order valence-corrected chi connectivity index (χ3v) is 8.28. The van der Waals surface area contributed by atoms with Crippen LogP contribution in [0.3, 0.4) is 0 Å². The van der Waals surface area contributed by atoms with Gasteiger partial charge in [0.05, 0.1) is 28.0 Å². The van der Waals surface area contributed by atoms with Gasteiger partial charge < -0.3 is 10.1 Å². The number of aromatic nitrogens is 3. The molecule has 38 heavy (non-hydrogen) atoms. The summed E-state index contributed by atoms with van der Waals surface area (Å²) in [5.41, 5.74) is 2.26. The van der Waals surface area contributed by atoms with Crippen LogP contribution in [0.4, 0.5) is 5.69 Å². The zero-order valence-electron chi connectivity index (χ0n) is 20.9. The Morgan fingerprint density at radius 2 is 1.63 bits per heavy atom. The Hall–Kier alpha value is -4.50. The molecule has 0 radical (unpaired) electrons. The molecule has 0 bridgehead atoms. The second-order valence-corrected chi connectivity index (χ2v) is 10.4. The van der Waals surface area contributed by atoms with Gasteiger partial charge in [-0.05, 0) is 50.2 Å². The average Bonchev–Trinajstić information content (AvgIpc) is 3.13. The monoisotopic (exact) mass is 524 g/mol. The van der Waals surface area contributed by atoms with Gasteiger partial charge in [-0.15, -0.1) is 0 Å². The highest BCUT2D eigenvalue weighted by Crippen LogP contribution is 2.48. The van der Waals surface area contributed by atoms with Crippen molar-refractivity contribution in [3.05, 3.63) is 116 Å². The summed E-state index contributed by atoms with van der Waals surface area (Å²) >= 11 is 1.25. The molecule has 1 unspecified atom stereocenters. The molecule has 2 N–H and O–H groups in total. The van der Waals surface area contributed by atoms with Gasteiger partial charge in [0.25, 0.3) is 17.0 Å². The number of H-pyrrole nitrogens is 1. The molecule has 1 aliphatic heterocycles. The van der Waals surface area contributed by atoms with E-state index in [4.69, 9.17) is 0 Å².